The summed E-state index contributed by atoms with van der Waals surface area (Å²) >= 11 is 5.31. The zero-order chi connectivity index (χ0) is 13.8. The number of hydrogen-bond acceptors (Lipinski definition) is 2. The summed E-state index contributed by atoms with van der Waals surface area (Å²) in [5.41, 5.74) is 2.72. The number of rotatable bonds is 6. The Bertz CT molecular complexity index is 673. The van der Waals surface area contributed by atoms with Crippen LogP contribution in [0.25, 0.3) is 10.9 Å². The van der Waals surface area contributed by atoms with Gasteiger partial charge in [-0.1, -0.05) is 22.0 Å². The molecule has 0 unspecified atom stereocenters. The Morgan fingerprint density at radius 2 is 2.10 bits per heavy atom. The van der Waals surface area contributed by atoms with E-state index in [-0.39, 0.29) is 0 Å². The van der Waals surface area contributed by atoms with E-state index in [1.807, 2.05) is 0 Å². The number of hydrogen-bond donors (Lipinski definition) is 1. The largest absolute Gasteiger partial charge is 0.346 e. The van der Waals surface area contributed by atoms with Crippen molar-refractivity contribution in [2.45, 2.75) is 13.0 Å². The Kier molecular flexibility index (Phi) is 4.55. The molecule has 0 aliphatic rings. The lowest BCUT2D eigenvalue weighted by Gasteiger charge is -2.07. The van der Waals surface area contributed by atoms with Crippen LogP contribution in [0.3, 0.4) is 0 Å². The van der Waals surface area contributed by atoms with Gasteiger partial charge in [0.15, 0.2) is 0 Å². The van der Waals surface area contributed by atoms with Gasteiger partial charge in [-0.3, -0.25) is 0 Å². The molecule has 2 heterocycles. The van der Waals surface area contributed by atoms with Gasteiger partial charge in [-0.05, 0) is 58.9 Å². The zero-order valence-corrected chi connectivity index (χ0v) is 13.6. The van der Waals surface area contributed by atoms with Crippen LogP contribution in [0.5, 0.6) is 0 Å². The molecule has 0 atom stereocenters. The van der Waals surface area contributed by atoms with Gasteiger partial charge in [-0.2, -0.15) is 11.3 Å². The molecule has 0 saturated carbocycles. The van der Waals surface area contributed by atoms with Crippen LogP contribution in [-0.4, -0.2) is 17.7 Å². The minimum atomic E-state index is 1.00. The van der Waals surface area contributed by atoms with Gasteiger partial charge in [0.05, 0.1) is 0 Å². The Balaban J connectivity index is 1.51. The smallest absolute Gasteiger partial charge is 0.0492 e. The first-order valence-electron chi connectivity index (χ1n) is 6.79. The Labute approximate surface area is 131 Å². The van der Waals surface area contributed by atoms with Gasteiger partial charge in [-0.15, -0.1) is 0 Å². The first-order valence-corrected chi connectivity index (χ1v) is 8.53. The summed E-state index contributed by atoms with van der Waals surface area (Å²) in [5, 5.41) is 9.17. The Hall–Kier alpha value is -1.10. The molecule has 1 N–H and O–H groups in total. The highest BCUT2D eigenvalue weighted by molar-refractivity contribution is 9.10. The number of thiophene rings is 1. The van der Waals surface area contributed by atoms with E-state index < -0.39 is 0 Å². The van der Waals surface area contributed by atoms with Crippen molar-refractivity contribution in [3.8, 4) is 0 Å². The van der Waals surface area contributed by atoms with Crippen LogP contribution in [0.15, 0.2) is 51.8 Å². The molecule has 0 fully saturated rings. The molecule has 0 saturated heterocycles. The van der Waals surface area contributed by atoms with Gasteiger partial charge >= 0.3 is 0 Å². The molecule has 3 rings (SSSR count). The lowest BCUT2D eigenvalue weighted by Crippen LogP contribution is -2.22. The summed E-state index contributed by atoms with van der Waals surface area (Å²) in [6.45, 7) is 3.05. The van der Waals surface area contributed by atoms with Gasteiger partial charge in [0.1, 0.15) is 0 Å². The average molecular weight is 349 g/mol. The number of halogens is 1. The quantitative estimate of drug-likeness (QED) is 0.657. The van der Waals surface area contributed by atoms with Crippen molar-refractivity contribution in [2.75, 3.05) is 13.1 Å². The predicted molar refractivity (Wildman–Crippen MR) is 90.5 cm³/mol. The van der Waals surface area contributed by atoms with E-state index in [4.69, 9.17) is 0 Å². The first kappa shape index (κ1) is 13.9. The van der Waals surface area contributed by atoms with E-state index in [1.165, 1.54) is 16.5 Å². The summed E-state index contributed by atoms with van der Waals surface area (Å²) in [7, 11) is 0. The molecule has 0 radical (unpaired) electrons. The summed E-state index contributed by atoms with van der Waals surface area (Å²) in [6.07, 6.45) is 3.28. The average Bonchev–Trinajstić information content (AvgIpc) is 3.08. The summed E-state index contributed by atoms with van der Waals surface area (Å²) in [4.78, 5) is 0. The third-order valence-electron chi connectivity index (χ3n) is 3.44. The number of benzene rings is 1. The topological polar surface area (TPSA) is 17.0 Å². The normalized spacial score (nSPS) is 11.2. The fourth-order valence-corrected chi connectivity index (χ4v) is 3.40. The van der Waals surface area contributed by atoms with Crippen LogP contribution < -0.4 is 5.32 Å². The van der Waals surface area contributed by atoms with Crippen molar-refractivity contribution >= 4 is 38.2 Å². The van der Waals surface area contributed by atoms with Crippen molar-refractivity contribution < 1.29 is 0 Å². The standard InChI is InChI=1S/C16H17BrN2S/c17-15-2-1-14-4-8-19(16(14)11-15)9-7-18-6-3-13-5-10-20-12-13/h1-2,4-5,8,10-12,18H,3,6-7,9H2. The third-order valence-corrected chi connectivity index (χ3v) is 4.66. The van der Waals surface area contributed by atoms with Crippen molar-refractivity contribution in [1.82, 2.24) is 9.88 Å². The number of fused-ring (bicyclic) bond motifs is 1. The molecule has 2 nitrogen and oxygen atoms in total. The van der Waals surface area contributed by atoms with Gasteiger partial charge in [-0.25, -0.2) is 0 Å². The molecule has 3 aromatic rings. The van der Waals surface area contributed by atoms with E-state index in [0.29, 0.717) is 0 Å². The van der Waals surface area contributed by atoms with Crippen LogP contribution in [0.2, 0.25) is 0 Å². The molecule has 0 aliphatic carbocycles. The molecule has 0 spiro atoms. The second-order valence-electron chi connectivity index (χ2n) is 4.84. The Morgan fingerprint density at radius 3 is 2.95 bits per heavy atom. The maximum atomic E-state index is 3.54. The van der Waals surface area contributed by atoms with Crippen molar-refractivity contribution in [3.63, 3.8) is 0 Å². The van der Waals surface area contributed by atoms with E-state index in [0.717, 1.165) is 30.5 Å². The van der Waals surface area contributed by atoms with Crippen LogP contribution in [0.4, 0.5) is 0 Å². The number of nitrogens with one attached hydrogen (secondary N) is 1. The minimum absolute atomic E-state index is 1.00. The highest BCUT2D eigenvalue weighted by atomic mass is 79.9. The molecule has 20 heavy (non-hydrogen) atoms. The molecule has 0 amide bonds. The van der Waals surface area contributed by atoms with Gasteiger partial charge < -0.3 is 9.88 Å². The molecule has 4 heteroatoms. The van der Waals surface area contributed by atoms with Crippen molar-refractivity contribution in [2.24, 2.45) is 0 Å². The fraction of sp³-hybridized carbons (Fsp3) is 0.250. The Morgan fingerprint density at radius 1 is 1.15 bits per heavy atom. The third kappa shape index (κ3) is 3.32. The first-order chi connectivity index (χ1) is 9.83. The highest BCUT2D eigenvalue weighted by Gasteiger charge is 2.01. The van der Waals surface area contributed by atoms with E-state index in [2.05, 4.69) is 73.1 Å². The summed E-state index contributed by atoms with van der Waals surface area (Å²) < 4.78 is 3.44. The lowest BCUT2D eigenvalue weighted by atomic mass is 10.2. The SMILES string of the molecule is Brc1ccc2ccn(CCNCCc3ccsc3)c2c1. The second-order valence-corrected chi connectivity index (χ2v) is 6.54. The van der Waals surface area contributed by atoms with Crippen LogP contribution in [0.1, 0.15) is 5.56 Å². The monoisotopic (exact) mass is 348 g/mol. The minimum Gasteiger partial charge on any atom is -0.346 e. The fourth-order valence-electron chi connectivity index (χ4n) is 2.34. The van der Waals surface area contributed by atoms with Gasteiger partial charge in [0.2, 0.25) is 0 Å². The molecular weight excluding hydrogens is 332 g/mol. The van der Waals surface area contributed by atoms with E-state index in [9.17, 15) is 0 Å². The number of nitrogens with zero attached hydrogens (tertiary/aromatic N) is 1. The van der Waals surface area contributed by atoms with Gasteiger partial charge in [0.25, 0.3) is 0 Å². The van der Waals surface area contributed by atoms with Gasteiger partial charge in [0, 0.05) is 29.3 Å². The van der Waals surface area contributed by atoms with Crippen LogP contribution in [0, 0.1) is 0 Å². The second kappa shape index (κ2) is 6.57. The van der Waals surface area contributed by atoms with Crippen molar-refractivity contribution in [1.29, 1.82) is 0 Å². The molecule has 0 bridgehead atoms. The maximum Gasteiger partial charge on any atom is 0.0492 e. The molecule has 1 aromatic carbocycles. The zero-order valence-electron chi connectivity index (χ0n) is 11.2. The molecule has 0 aliphatic heterocycles. The summed E-state index contributed by atoms with van der Waals surface area (Å²) in [5.74, 6) is 0. The van der Waals surface area contributed by atoms with E-state index >= 15 is 0 Å². The molecule has 104 valence electrons. The lowest BCUT2D eigenvalue weighted by molar-refractivity contribution is 0.610. The van der Waals surface area contributed by atoms with Crippen LogP contribution >= 0.6 is 27.3 Å². The molecular formula is C16H17BrN2S. The van der Waals surface area contributed by atoms with E-state index in [1.54, 1.807) is 11.3 Å². The number of aromatic nitrogens is 1. The highest BCUT2D eigenvalue weighted by Crippen LogP contribution is 2.20. The van der Waals surface area contributed by atoms with Crippen LogP contribution in [-0.2, 0) is 13.0 Å². The van der Waals surface area contributed by atoms with Crippen molar-refractivity contribution in [3.05, 3.63) is 57.3 Å². The molecule has 2 aromatic heterocycles. The summed E-state index contributed by atoms with van der Waals surface area (Å²) in [6, 6.07) is 10.8. The maximum absolute atomic E-state index is 3.54. The predicted octanol–water partition coefficient (Wildman–Crippen LogP) is 4.30.